The van der Waals surface area contributed by atoms with Gasteiger partial charge in [0.25, 0.3) is 0 Å². The molecule has 0 unspecified atom stereocenters. The molecule has 1 aliphatic rings. The molecule has 2 rings (SSSR count). The van der Waals surface area contributed by atoms with Crippen LogP contribution < -0.4 is 15.4 Å². The summed E-state index contributed by atoms with van der Waals surface area (Å²) in [5.41, 5.74) is 1.39. The summed E-state index contributed by atoms with van der Waals surface area (Å²) < 4.78 is 10.7. The molecule has 1 aromatic rings. The predicted octanol–water partition coefficient (Wildman–Crippen LogP) is 2.46. The first-order valence-corrected chi connectivity index (χ1v) is 7.74. The molecular formula is C17H20N2O3S. The monoisotopic (exact) mass is 332 g/mol. The van der Waals surface area contributed by atoms with E-state index in [1.807, 2.05) is 24.3 Å². The second-order valence-corrected chi connectivity index (χ2v) is 5.41. The Hall–Kier alpha value is -2.34. The lowest BCUT2D eigenvalue weighted by Gasteiger charge is -2.34. The average molecular weight is 332 g/mol. The van der Waals surface area contributed by atoms with E-state index < -0.39 is 5.92 Å². The number of hydrogen-bond donors (Lipinski definition) is 2. The van der Waals surface area contributed by atoms with Gasteiger partial charge < -0.3 is 20.1 Å². The van der Waals surface area contributed by atoms with Crippen molar-refractivity contribution in [3.63, 3.8) is 0 Å². The van der Waals surface area contributed by atoms with E-state index >= 15 is 0 Å². The van der Waals surface area contributed by atoms with Crippen molar-refractivity contribution in [3.8, 4) is 5.75 Å². The van der Waals surface area contributed by atoms with E-state index in [4.69, 9.17) is 21.7 Å². The van der Waals surface area contributed by atoms with Gasteiger partial charge in [-0.25, -0.2) is 0 Å². The number of benzene rings is 1. The Morgan fingerprint density at radius 2 is 2.26 bits per heavy atom. The molecule has 0 saturated carbocycles. The van der Waals surface area contributed by atoms with Gasteiger partial charge in [0.05, 0.1) is 12.6 Å². The summed E-state index contributed by atoms with van der Waals surface area (Å²) in [7, 11) is 0. The lowest BCUT2D eigenvalue weighted by atomic mass is 9.89. The summed E-state index contributed by atoms with van der Waals surface area (Å²) in [5, 5.41) is 6.45. The topological polar surface area (TPSA) is 59.6 Å². The Labute approximate surface area is 141 Å². The van der Waals surface area contributed by atoms with Crippen molar-refractivity contribution in [3.05, 3.63) is 54.8 Å². The van der Waals surface area contributed by atoms with Gasteiger partial charge in [0.1, 0.15) is 18.3 Å². The van der Waals surface area contributed by atoms with Crippen molar-refractivity contribution in [1.29, 1.82) is 0 Å². The zero-order chi connectivity index (χ0) is 16.8. The van der Waals surface area contributed by atoms with Gasteiger partial charge in [0.2, 0.25) is 0 Å². The molecule has 1 aliphatic heterocycles. The van der Waals surface area contributed by atoms with Gasteiger partial charge in [-0.3, -0.25) is 4.79 Å². The van der Waals surface area contributed by atoms with E-state index in [0.29, 0.717) is 29.8 Å². The molecule has 1 fully saturated rings. The molecule has 0 spiro atoms. The summed E-state index contributed by atoms with van der Waals surface area (Å²) in [6.45, 7) is 10.0. The summed E-state index contributed by atoms with van der Waals surface area (Å²) in [6, 6.07) is 7.13. The molecule has 2 N–H and O–H groups in total. The van der Waals surface area contributed by atoms with Gasteiger partial charge in [-0.2, -0.15) is 0 Å². The maximum Gasteiger partial charge on any atom is 0.317 e. The van der Waals surface area contributed by atoms with Gasteiger partial charge in [0, 0.05) is 5.70 Å². The Balaban J connectivity index is 2.31. The molecule has 0 amide bonds. The third-order valence-corrected chi connectivity index (χ3v) is 3.61. The van der Waals surface area contributed by atoms with Crippen LogP contribution in [-0.4, -0.2) is 24.3 Å². The number of carbonyl (C=O) groups is 1. The van der Waals surface area contributed by atoms with Crippen molar-refractivity contribution < 1.29 is 14.3 Å². The highest BCUT2D eigenvalue weighted by atomic mass is 32.1. The van der Waals surface area contributed by atoms with E-state index in [9.17, 15) is 4.79 Å². The lowest BCUT2D eigenvalue weighted by molar-refractivity contribution is -0.147. The Kier molecular flexibility index (Phi) is 5.76. The Morgan fingerprint density at radius 1 is 1.48 bits per heavy atom. The minimum absolute atomic E-state index is 0.308. The second-order valence-electron chi connectivity index (χ2n) is 5.00. The van der Waals surface area contributed by atoms with E-state index in [1.165, 1.54) is 0 Å². The molecule has 122 valence electrons. The highest BCUT2D eigenvalue weighted by Gasteiger charge is 2.37. The number of rotatable bonds is 6. The first-order chi connectivity index (χ1) is 11.1. The zero-order valence-corrected chi connectivity index (χ0v) is 13.8. The molecule has 0 radical (unpaired) electrons. The summed E-state index contributed by atoms with van der Waals surface area (Å²) in [6.07, 6.45) is 1.67. The van der Waals surface area contributed by atoms with Crippen molar-refractivity contribution in [2.45, 2.75) is 13.0 Å². The van der Waals surface area contributed by atoms with Crippen LogP contribution >= 0.6 is 12.2 Å². The predicted molar refractivity (Wildman–Crippen MR) is 93.0 cm³/mol. The van der Waals surface area contributed by atoms with Crippen LogP contribution in [-0.2, 0) is 9.53 Å². The largest absolute Gasteiger partial charge is 0.490 e. The van der Waals surface area contributed by atoms with Gasteiger partial charge in [-0.05, 0) is 36.8 Å². The van der Waals surface area contributed by atoms with Crippen molar-refractivity contribution in [2.75, 3.05) is 13.2 Å². The van der Waals surface area contributed by atoms with Crippen LogP contribution in [0.15, 0.2) is 49.2 Å². The van der Waals surface area contributed by atoms with E-state index in [-0.39, 0.29) is 12.0 Å². The first-order valence-electron chi connectivity index (χ1n) is 7.33. The van der Waals surface area contributed by atoms with E-state index in [0.717, 1.165) is 5.56 Å². The van der Waals surface area contributed by atoms with Crippen LogP contribution in [0.4, 0.5) is 0 Å². The number of nitrogens with one attached hydrogen (secondary N) is 2. The third kappa shape index (κ3) is 4.10. The zero-order valence-electron chi connectivity index (χ0n) is 13.0. The number of carbonyl (C=O) groups excluding carboxylic acids is 1. The summed E-state index contributed by atoms with van der Waals surface area (Å²) in [4.78, 5) is 12.3. The summed E-state index contributed by atoms with van der Waals surface area (Å²) >= 11 is 5.19. The molecule has 0 aromatic heterocycles. The number of hydrogen-bond acceptors (Lipinski definition) is 4. The second kappa shape index (κ2) is 7.78. The standard InChI is InChI=1S/C17H20N2O3S/c1-4-9-22-13-8-6-7-12(10-13)15-14(16(20)21-5-2)11(3)18-17(23)19-15/h4,6-8,10,14-15H,1,3,5,9H2,2H3,(H2,18,19,23)/t14-,15-/m0/s1. The van der Waals surface area contributed by atoms with Gasteiger partial charge >= 0.3 is 5.97 Å². The highest BCUT2D eigenvalue weighted by molar-refractivity contribution is 7.80. The fraction of sp³-hybridized carbons (Fsp3) is 0.294. The Bertz CT molecular complexity index is 630. The van der Waals surface area contributed by atoms with Crippen LogP contribution in [0.1, 0.15) is 18.5 Å². The quantitative estimate of drug-likeness (QED) is 0.474. The van der Waals surface area contributed by atoms with Gasteiger partial charge in [0.15, 0.2) is 5.11 Å². The van der Waals surface area contributed by atoms with Crippen LogP contribution in [0.3, 0.4) is 0 Å². The first kappa shape index (κ1) is 17.0. The molecular weight excluding hydrogens is 312 g/mol. The average Bonchev–Trinajstić information content (AvgIpc) is 2.52. The van der Waals surface area contributed by atoms with Gasteiger partial charge in [-0.15, -0.1) is 0 Å². The fourth-order valence-electron chi connectivity index (χ4n) is 2.42. The molecule has 5 nitrogen and oxygen atoms in total. The molecule has 23 heavy (non-hydrogen) atoms. The minimum Gasteiger partial charge on any atom is -0.490 e. The lowest BCUT2D eigenvalue weighted by Crippen LogP contribution is -2.51. The van der Waals surface area contributed by atoms with Crippen LogP contribution in [0.5, 0.6) is 5.75 Å². The van der Waals surface area contributed by atoms with Crippen molar-refractivity contribution in [2.24, 2.45) is 5.92 Å². The van der Waals surface area contributed by atoms with Gasteiger partial charge in [-0.1, -0.05) is 31.4 Å². The van der Waals surface area contributed by atoms with Crippen LogP contribution in [0.2, 0.25) is 0 Å². The van der Waals surface area contributed by atoms with Crippen molar-refractivity contribution in [1.82, 2.24) is 10.6 Å². The number of esters is 1. The molecule has 6 heteroatoms. The normalized spacial score (nSPS) is 20.2. The fourth-order valence-corrected chi connectivity index (χ4v) is 2.68. The van der Waals surface area contributed by atoms with Crippen LogP contribution in [0.25, 0.3) is 0 Å². The SMILES string of the molecule is C=CCOc1cccc([C@@H]2NC(=S)NC(=C)[C@@H]2C(=O)OCC)c1. The third-order valence-electron chi connectivity index (χ3n) is 3.40. The maximum absolute atomic E-state index is 12.3. The molecule has 1 aromatic carbocycles. The molecule has 0 aliphatic carbocycles. The number of ether oxygens (including phenoxy) is 2. The van der Waals surface area contributed by atoms with E-state index in [2.05, 4.69) is 23.8 Å². The summed E-state index contributed by atoms with van der Waals surface area (Å²) in [5.74, 6) is -0.222. The molecule has 2 atom stereocenters. The number of thiocarbonyl (C=S) groups is 1. The Morgan fingerprint density at radius 3 is 2.96 bits per heavy atom. The smallest absolute Gasteiger partial charge is 0.317 e. The highest BCUT2D eigenvalue weighted by Crippen LogP contribution is 2.32. The van der Waals surface area contributed by atoms with E-state index in [1.54, 1.807) is 13.0 Å². The molecule has 1 heterocycles. The van der Waals surface area contributed by atoms with Crippen LogP contribution in [0, 0.1) is 5.92 Å². The van der Waals surface area contributed by atoms with Crippen molar-refractivity contribution >= 4 is 23.3 Å². The minimum atomic E-state index is -0.573. The molecule has 1 saturated heterocycles. The molecule has 0 bridgehead atoms. The maximum atomic E-state index is 12.3.